The second kappa shape index (κ2) is 2.19. The molecule has 0 spiro atoms. The van der Waals surface area contributed by atoms with E-state index >= 15 is 0 Å². The van der Waals surface area contributed by atoms with Crippen LogP contribution in [-0.4, -0.2) is 30.5 Å². The van der Waals surface area contributed by atoms with Crippen molar-refractivity contribution in [2.75, 3.05) is 0 Å². The van der Waals surface area contributed by atoms with E-state index in [9.17, 15) is 0 Å². The molecule has 1 aromatic heterocycles. The third-order valence-electron chi connectivity index (χ3n) is 0.941. The van der Waals surface area contributed by atoms with Crippen LogP contribution < -0.4 is 10.6 Å². The monoisotopic (exact) mass is 140 g/mol. The van der Waals surface area contributed by atoms with Crippen LogP contribution in [0.15, 0.2) is 12.4 Å². The lowest BCUT2D eigenvalue weighted by Gasteiger charge is -1.89. The smallest absolute Gasteiger partial charge is 0.114 e. The van der Waals surface area contributed by atoms with Crippen molar-refractivity contribution < 1.29 is 0 Å². The van der Waals surface area contributed by atoms with Crippen molar-refractivity contribution in [3.05, 3.63) is 12.4 Å². The van der Waals surface area contributed by atoms with E-state index in [1.54, 1.807) is 6.33 Å². The average Bonchev–Trinajstić information content (AvgIpc) is 1.64. The minimum Gasteiger partial charge on any atom is -0.247 e. The maximum Gasteiger partial charge on any atom is 0.114 e. The Morgan fingerprint density at radius 1 is 1.12 bits per heavy atom. The van der Waals surface area contributed by atoms with E-state index < -0.39 is 0 Å². The zero-order valence-corrected chi connectivity index (χ0v) is 9.05. The maximum atomic E-state index is 4.01. The fraction of sp³-hybridized carbons (Fsp3) is 0. The van der Waals surface area contributed by atoms with Crippen LogP contribution in [0.1, 0.15) is 0 Å². The molecule has 1 aromatic rings. The molecule has 4 heteroatoms. The van der Waals surface area contributed by atoms with Gasteiger partial charge in [0.15, 0.2) is 0 Å². The summed E-state index contributed by atoms with van der Waals surface area (Å²) in [6.45, 7) is 0. The summed E-state index contributed by atoms with van der Waals surface area (Å²) < 4.78 is 0. The first-order valence-electron chi connectivity index (χ1n) is 2.54. The molecule has 0 aliphatic carbocycles. The summed E-state index contributed by atoms with van der Waals surface area (Å²) in [5.74, 6) is 0. The molecular formula is C4H8N2Si2. The van der Waals surface area contributed by atoms with Crippen LogP contribution in [0.5, 0.6) is 0 Å². The fourth-order valence-electron chi connectivity index (χ4n) is 0.588. The highest BCUT2D eigenvalue weighted by atomic mass is 28.1. The molecule has 0 N–H and O–H groups in total. The minimum absolute atomic E-state index is 1.04. The molecule has 0 aliphatic heterocycles. The van der Waals surface area contributed by atoms with E-state index in [2.05, 4.69) is 16.0 Å². The van der Waals surface area contributed by atoms with Gasteiger partial charge in [-0.15, -0.1) is 0 Å². The third kappa shape index (κ3) is 1.24. The molecule has 0 amide bonds. The Hall–Kier alpha value is -0.486. The van der Waals surface area contributed by atoms with Crippen molar-refractivity contribution in [3.63, 3.8) is 0 Å². The van der Waals surface area contributed by atoms with Gasteiger partial charge in [-0.2, -0.15) is 0 Å². The Kier molecular flexibility index (Phi) is 1.54. The van der Waals surface area contributed by atoms with Crippen molar-refractivity contribution in [3.8, 4) is 0 Å². The second-order valence-electron chi connectivity index (χ2n) is 1.80. The molecule has 8 heavy (non-hydrogen) atoms. The number of rotatable bonds is 0. The molecule has 1 rings (SSSR count). The lowest BCUT2D eigenvalue weighted by atomic mass is 10.7. The first-order chi connectivity index (χ1) is 3.79. The van der Waals surface area contributed by atoms with Gasteiger partial charge in [0.1, 0.15) is 6.33 Å². The molecular weight excluding hydrogens is 132 g/mol. The van der Waals surface area contributed by atoms with Gasteiger partial charge < -0.3 is 0 Å². The number of nitrogens with zero attached hydrogens (tertiary/aromatic N) is 2. The van der Waals surface area contributed by atoms with Gasteiger partial charge in [-0.3, -0.25) is 0 Å². The summed E-state index contributed by atoms with van der Waals surface area (Å²) >= 11 is 0. The second-order valence-corrected chi connectivity index (χ2v) is 3.85. The highest BCUT2D eigenvalue weighted by Gasteiger charge is 1.83. The summed E-state index contributed by atoms with van der Waals surface area (Å²) in [6.07, 6.45) is 1.64. The predicted molar refractivity (Wildman–Crippen MR) is 41.2 cm³/mol. The lowest BCUT2D eigenvalue weighted by Crippen LogP contribution is -2.18. The van der Waals surface area contributed by atoms with Crippen LogP contribution in [0.2, 0.25) is 0 Å². The van der Waals surface area contributed by atoms with Gasteiger partial charge in [0.2, 0.25) is 0 Å². The molecule has 0 fully saturated rings. The highest BCUT2D eigenvalue weighted by molar-refractivity contribution is 6.35. The Bertz CT molecular complexity index is 172. The van der Waals surface area contributed by atoms with Gasteiger partial charge in [0, 0.05) is 10.6 Å². The van der Waals surface area contributed by atoms with Gasteiger partial charge in [-0.05, 0) is 6.07 Å². The van der Waals surface area contributed by atoms with Crippen molar-refractivity contribution in [2.24, 2.45) is 0 Å². The molecule has 0 saturated heterocycles. The maximum absolute atomic E-state index is 4.01. The molecule has 0 radical (unpaired) electrons. The van der Waals surface area contributed by atoms with E-state index in [1.807, 2.05) is 0 Å². The van der Waals surface area contributed by atoms with Crippen molar-refractivity contribution >= 4 is 31.1 Å². The van der Waals surface area contributed by atoms with E-state index in [-0.39, 0.29) is 0 Å². The molecule has 0 atom stereocenters. The van der Waals surface area contributed by atoms with Gasteiger partial charge in [-0.1, -0.05) is 0 Å². The lowest BCUT2D eigenvalue weighted by molar-refractivity contribution is 1.23. The first-order valence-corrected chi connectivity index (χ1v) is 4.54. The van der Waals surface area contributed by atoms with Crippen LogP contribution in [0.3, 0.4) is 0 Å². The van der Waals surface area contributed by atoms with E-state index in [4.69, 9.17) is 0 Å². The van der Waals surface area contributed by atoms with Gasteiger partial charge in [0.25, 0.3) is 0 Å². The minimum atomic E-state index is 1.04. The van der Waals surface area contributed by atoms with E-state index in [1.165, 1.54) is 10.6 Å². The van der Waals surface area contributed by atoms with Crippen molar-refractivity contribution in [2.45, 2.75) is 0 Å². The number of hydrogen-bond acceptors (Lipinski definition) is 2. The summed E-state index contributed by atoms with van der Waals surface area (Å²) in [5, 5.41) is 2.40. The molecule has 0 saturated carbocycles. The van der Waals surface area contributed by atoms with Crippen LogP contribution in [0, 0.1) is 0 Å². The Morgan fingerprint density at radius 2 is 1.62 bits per heavy atom. The molecule has 2 nitrogen and oxygen atoms in total. The van der Waals surface area contributed by atoms with Crippen LogP contribution in [0.4, 0.5) is 0 Å². The summed E-state index contributed by atoms with van der Waals surface area (Å²) in [6, 6.07) is 2.07. The molecule has 42 valence electrons. The molecule has 0 bridgehead atoms. The van der Waals surface area contributed by atoms with E-state index in [0.717, 1.165) is 20.5 Å². The molecule has 0 aromatic carbocycles. The SMILES string of the molecule is [SiH3]c1cc([SiH3])ncn1. The number of aromatic nitrogens is 2. The van der Waals surface area contributed by atoms with Crippen molar-refractivity contribution in [1.82, 2.24) is 9.97 Å². The summed E-state index contributed by atoms with van der Waals surface area (Å²) in [5.41, 5.74) is 0. The first kappa shape index (κ1) is 5.65. The fourth-order valence-corrected chi connectivity index (χ4v) is 2.23. The highest BCUT2D eigenvalue weighted by Crippen LogP contribution is 1.59. The van der Waals surface area contributed by atoms with Crippen LogP contribution >= 0.6 is 0 Å². The Balaban J connectivity index is 3.08. The molecule has 1 heterocycles. The number of hydrogen-bond donors (Lipinski definition) is 0. The Labute approximate surface area is 54.2 Å². The molecule has 0 unspecified atom stereocenters. The normalized spacial score (nSPS) is 10.0. The summed E-state index contributed by atoms with van der Waals surface area (Å²) in [4.78, 5) is 8.03. The van der Waals surface area contributed by atoms with Crippen LogP contribution in [-0.2, 0) is 0 Å². The van der Waals surface area contributed by atoms with Gasteiger partial charge >= 0.3 is 0 Å². The van der Waals surface area contributed by atoms with E-state index in [0.29, 0.717) is 0 Å². The largest absolute Gasteiger partial charge is 0.247 e. The van der Waals surface area contributed by atoms with Gasteiger partial charge in [-0.25, -0.2) is 9.97 Å². The quantitative estimate of drug-likeness (QED) is 0.349. The standard InChI is InChI=1S/C4H8N2Si2/c7-3-1-4(8)6-2-5-3/h1-2H,7-8H3. The summed E-state index contributed by atoms with van der Waals surface area (Å²) in [7, 11) is 2.09. The van der Waals surface area contributed by atoms with Crippen LogP contribution in [0.25, 0.3) is 0 Å². The predicted octanol–water partition coefficient (Wildman–Crippen LogP) is -3.54. The zero-order chi connectivity index (χ0) is 5.98. The van der Waals surface area contributed by atoms with Crippen molar-refractivity contribution in [1.29, 1.82) is 0 Å². The third-order valence-corrected chi connectivity index (χ3v) is 2.03. The Morgan fingerprint density at radius 3 is 1.88 bits per heavy atom. The molecule has 0 aliphatic rings. The topological polar surface area (TPSA) is 25.8 Å². The average molecular weight is 140 g/mol. The van der Waals surface area contributed by atoms with Gasteiger partial charge in [0.05, 0.1) is 20.5 Å². The zero-order valence-electron chi connectivity index (χ0n) is 5.05.